The molecule has 1 aromatic rings. The molecule has 1 saturated heterocycles. The highest BCUT2D eigenvalue weighted by molar-refractivity contribution is 5.90. The Hall–Kier alpha value is -1.95. The third-order valence-corrected chi connectivity index (χ3v) is 4.94. The maximum absolute atomic E-state index is 12.3. The molecular formula is C16H23NO5. The molecule has 0 bridgehead atoms. The number of rotatable bonds is 2. The molecule has 122 valence electrons. The number of piperidine rings is 1. The molecule has 0 atom stereocenters. The Bertz CT molecular complexity index is 571. The van der Waals surface area contributed by atoms with Gasteiger partial charge in [-0.05, 0) is 44.2 Å². The van der Waals surface area contributed by atoms with Gasteiger partial charge >= 0.3 is 5.97 Å². The molecule has 0 aromatic heterocycles. The van der Waals surface area contributed by atoms with Crippen LogP contribution in [0.15, 0.2) is 12.1 Å². The molecule has 0 saturated carbocycles. The number of hydroxylamine groups is 2. The van der Waals surface area contributed by atoms with Crippen LogP contribution in [0.1, 0.15) is 50.9 Å². The molecule has 6 nitrogen and oxygen atoms in total. The molecule has 0 aliphatic carbocycles. The summed E-state index contributed by atoms with van der Waals surface area (Å²) in [6.07, 6.45) is 1.95. The first kappa shape index (κ1) is 16.4. The number of aromatic hydroxyl groups is 3. The predicted octanol–water partition coefficient (Wildman–Crippen LogP) is 2.78. The molecular weight excluding hydrogens is 286 g/mol. The first-order chi connectivity index (χ1) is 10.1. The third-order valence-electron chi connectivity index (χ3n) is 4.94. The summed E-state index contributed by atoms with van der Waals surface area (Å²) in [5.41, 5.74) is -0.390. The molecule has 1 aliphatic heterocycles. The van der Waals surface area contributed by atoms with Crippen molar-refractivity contribution in [3.05, 3.63) is 17.7 Å². The lowest BCUT2D eigenvalue weighted by Gasteiger charge is -2.51. The lowest BCUT2D eigenvalue weighted by atomic mass is 9.69. The summed E-state index contributed by atoms with van der Waals surface area (Å²) in [5, 5.41) is 30.0. The minimum atomic E-state index is -0.684. The van der Waals surface area contributed by atoms with E-state index in [0.29, 0.717) is 6.54 Å². The fourth-order valence-electron chi connectivity index (χ4n) is 2.62. The van der Waals surface area contributed by atoms with Crippen LogP contribution in [-0.2, 0) is 4.84 Å². The number of carbonyl (C=O) groups is 1. The van der Waals surface area contributed by atoms with E-state index >= 15 is 0 Å². The molecule has 1 aliphatic rings. The molecule has 2 rings (SSSR count). The van der Waals surface area contributed by atoms with Gasteiger partial charge in [0.25, 0.3) is 0 Å². The molecule has 0 unspecified atom stereocenters. The van der Waals surface area contributed by atoms with Crippen molar-refractivity contribution in [2.45, 2.75) is 46.1 Å². The number of nitrogens with zero attached hydrogens (tertiary/aromatic N) is 1. The molecule has 1 aromatic carbocycles. The van der Waals surface area contributed by atoms with Crippen LogP contribution in [-0.4, -0.2) is 38.4 Å². The Balaban J connectivity index is 2.22. The summed E-state index contributed by atoms with van der Waals surface area (Å²) in [6.45, 7) is 8.92. The minimum absolute atomic E-state index is 0.0213. The van der Waals surface area contributed by atoms with Crippen molar-refractivity contribution >= 4 is 5.97 Å². The summed E-state index contributed by atoms with van der Waals surface area (Å²) in [7, 11) is 0. The third kappa shape index (κ3) is 2.70. The van der Waals surface area contributed by atoms with Crippen molar-refractivity contribution < 1.29 is 25.0 Å². The van der Waals surface area contributed by atoms with Gasteiger partial charge in [0.2, 0.25) is 0 Å². The van der Waals surface area contributed by atoms with Crippen LogP contribution < -0.4 is 0 Å². The van der Waals surface area contributed by atoms with Crippen LogP contribution in [0.2, 0.25) is 0 Å². The zero-order chi connectivity index (χ0) is 16.7. The molecule has 6 heteroatoms. The highest BCUT2D eigenvalue weighted by atomic mass is 16.7. The SMILES string of the molecule is CC1(C)CCCN(OC(=O)c2cc(O)c(O)c(O)c2)C1(C)C. The minimum Gasteiger partial charge on any atom is -0.504 e. The number of phenolic OH excluding ortho intramolecular Hbond substituents is 3. The van der Waals surface area contributed by atoms with Crippen LogP contribution in [0.25, 0.3) is 0 Å². The van der Waals surface area contributed by atoms with Crippen molar-refractivity contribution in [2.24, 2.45) is 5.41 Å². The maximum atomic E-state index is 12.3. The fourth-order valence-corrected chi connectivity index (χ4v) is 2.62. The van der Waals surface area contributed by atoms with Gasteiger partial charge in [0.05, 0.1) is 11.1 Å². The quantitative estimate of drug-likeness (QED) is 0.728. The van der Waals surface area contributed by atoms with Crippen molar-refractivity contribution in [3.63, 3.8) is 0 Å². The Morgan fingerprint density at radius 3 is 2.23 bits per heavy atom. The number of benzene rings is 1. The van der Waals surface area contributed by atoms with E-state index in [2.05, 4.69) is 13.8 Å². The Kier molecular flexibility index (Phi) is 4.00. The average Bonchev–Trinajstić information content (AvgIpc) is 2.41. The molecule has 0 spiro atoms. The molecule has 0 amide bonds. The summed E-state index contributed by atoms with van der Waals surface area (Å²) in [6, 6.07) is 2.14. The summed E-state index contributed by atoms with van der Waals surface area (Å²) in [4.78, 5) is 17.7. The summed E-state index contributed by atoms with van der Waals surface area (Å²) >= 11 is 0. The highest BCUT2D eigenvalue weighted by Crippen LogP contribution is 2.43. The van der Waals surface area contributed by atoms with Crippen molar-refractivity contribution in [2.75, 3.05) is 6.54 Å². The summed E-state index contributed by atoms with van der Waals surface area (Å²) in [5.74, 6) is -2.47. The van der Waals surface area contributed by atoms with Gasteiger partial charge < -0.3 is 20.2 Å². The van der Waals surface area contributed by atoms with Gasteiger partial charge in [0.1, 0.15) is 0 Å². The second-order valence-electron chi connectivity index (χ2n) is 6.89. The number of hydrogen-bond acceptors (Lipinski definition) is 6. The van der Waals surface area contributed by atoms with E-state index in [1.54, 1.807) is 5.06 Å². The first-order valence-electron chi connectivity index (χ1n) is 7.31. The van der Waals surface area contributed by atoms with Crippen LogP contribution >= 0.6 is 0 Å². The molecule has 22 heavy (non-hydrogen) atoms. The van der Waals surface area contributed by atoms with E-state index in [0.717, 1.165) is 25.0 Å². The average molecular weight is 309 g/mol. The van der Waals surface area contributed by atoms with Crippen molar-refractivity contribution in [3.8, 4) is 17.2 Å². The van der Waals surface area contributed by atoms with Gasteiger partial charge in [0, 0.05) is 6.54 Å². The zero-order valence-corrected chi connectivity index (χ0v) is 13.4. The smallest absolute Gasteiger partial charge is 0.357 e. The van der Waals surface area contributed by atoms with Gasteiger partial charge in [-0.15, -0.1) is 5.06 Å². The van der Waals surface area contributed by atoms with Gasteiger partial charge in [0.15, 0.2) is 17.2 Å². The first-order valence-corrected chi connectivity index (χ1v) is 7.31. The topological polar surface area (TPSA) is 90.2 Å². The van der Waals surface area contributed by atoms with Gasteiger partial charge in [-0.3, -0.25) is 0 Å². The summed E-state index contributed by atoms with van der Waals surface area (Å²) < 4.78 is 0. The van der Waals surface area contributed by atoms with E-state index < -0.39 is 23.2 Å². The van der Waals surface area contributed by atoms with E-state index in [1.807, 2.05) is 13.8 Å². The second-order valence-corrected chi connectivity index (χ2v) is 6.89. The predicted molar refractivity (Wildman–Crippen MR) is 80.7 cm³/mol. The molecule has 0 radical (unpaired) electrons. The Morgan fingerprint density at radius 2 is 1.68 bits per heavy atom. The van der Waals surface area contributed by atoms with E-state index in [-0.39, 0.29) is 16.5 Å². The van der Waals surface area contributed by atoms with Crippen LogP contribution in [0.5, 0.6) is 17.2 Å². The largest absolute Gasteiger partial charge is 0.504 e. The molecule has 1 fully saturated rings. The van der Waals surface area contributed by atoms with Crippen molar-refractivity contribution in [1.29, 1.82) is 0 Å². The van der Waals surface area contributed by atoms with Gasteiger partial charge in [-0.25, -0.2) is 4.79 Å². The molecule has 1 heterocycles. The van der Waals surface area contributed by atoms with Crippen LogP contribution in [0.4, 0.5) is 0 Å². The van der Waals surface area contributed by atoms with Crippen molar-refractivity contribution in [1.82, 2.24) is 5.06 Å². The number of hydrogen-bond donors (Lipinski definition) is 3. The van der Waals surface area contributed by atoms with E-state index in [1.165, 1.54) is 0 Å². The monoisotopic (exact) mass is 309 g/mol. The van der Waals surface area contributed by atoms with Gasteiger partial charge in [-0.2, -0.15) is 0 Å². The molecule has 3 N–H and O–H groups in total. The second kappa shape index (κ2) is 5.35. The fraction of sp³-hybridized carbons (Fsp3) is 0.562. The maximum Gasteiger partial charge on any atom is 0.357 e. The van der Waals surface area contributed by atoms with Crippen LogP contribution in [0.3, 0.4) is 0 Å². The lowest BCUT2D eigenvalue weighted by Crippen LogP contribution is -2.57. The van der Waals surface area contributed by atoms with E-state index in [9.17, 15) is 20.1 Å². The number of phenols is 3. The Labute approximate surface area is 129 Å². The highest BCUT2D eigenvalue weighted by Gasteiger charge is 2.46. The number of carbonyl (C=O) groups excluding carboxylic acids is 1. The standard InChI is InChI=1S/C16H23NO5/c1-15(2)6-5-7-17(16(15,3)4)22-14(21)10-8-11(18)13(20)12(19)9-10/h8-9,18-20H,5-7H2,1-4H3. The normalized spacial score (nSPS) is 20.5. The van der Waals surface area contributed by atoms with Gasteiger partial charge in [-0.1, -0.05) is 13.8 Å². The Morgan fingerprint density at radius 1 is 1.14 bits per heavy atom. The van der Waals surface area contributed by atoms with E-state index in [4.69, 9.17) is 4.84 Å². The van der Waals surface area contributed by atoms with Crippen LogP contribution in [0, 0.1) is 5.41 Å². The zero-order valence-electron chi connectivity index (χ0n) is 13.4. The lowest BCUT2D eigenvalue weighted by molar-refractivity contribution is -0.218.